The minimum absolute atomic E-state index is 0.330. The summed E-state index contributed by atoms with van der Waals surface area (Å²) in [6.45, 7) is 7.52. The molecule has 20 heavy (non-hydrogen) atoms. The van der Waals surface area contributed by atoms with Gasteiger partial charge in [-0.2, -0.15) is 0 Å². The van der Waals surface area contributed by atoms with Gasteiger partial charge in [-0.3, -0.25) is 4.98 Å². The quantitative estimate of drug-likeness (QED) is 0.782. The van der Waals surface area contributed by atoms with Gasteiger partial charge in [0.1, 0.15) is 6.04 Å². The van der Waals surface area contributed by atoms with E-state index in [4.69, 9.17) is 5.11 Å². The zero-order valence-corrected chi connectivity index (χ0v) is 12.2. The molecule has 2 amide bonds. The van der Waals surface area contributed by atoms with Gasteiger partial charge < -0.3 is 15.7 Å². The summed E-state index contributed by atoms with van der Waals surface area (Å²) in [5, 5.41) is 14.3. The largest absolute Gasteiger partial charge is 0.480 e. The first-order valence-electron chi connectivity index (χ1n) is 6.38. The molecule has 0 aliphatic heterocycles. The molecule has 0 aliphatic rings. The van der Waals surface area contributed by atoms with Gasteiger partial charge in [0.15, 0.2) is 0 Å². The Morgan fingerprint density at radius 3 is 2.55 bits per heavy atom. The molecule has 1 heterocycles. The summed E-state index contributed by atoms with van der Waals surface area (Å²) in [6, 6.07) is 0.373. The number of hydrogen-bond acceptors (Lipinski definition) is 3. The summed E-state index contributed by atoms with van der Waals surface area (Å²) in [7, 11) is 0. The van der Waals surface area contributed by atoms with Gasteiger partial charge in [0, 0.05) is 18.9 Å². The normalized spacial score (nSPS) is 12.6. The predicted octanol–water partition coefficient (Wildman–Crippen LogP) is 1.69. The third-order valence-electron chi connectivity index (χ3n) is 2.96. The number of amides is 2. The van der Waals surface area contributed by atoms with E-state index in [0.29, 0.717) is 6.54 Å². The maximum Gasteiger partial charge on any atom is 0.326 e. The minimum atomic E-state index is -1.05. The Labute approximate surface area is 118 Å². The Morgan fingerprint density at radius 2 is 2.05 bits per heavy atom. The summed E-state index contributed by atoms with van der Waals surface area (Å²) < 4.78 is 0. The molecule has 0 aromatic carbocycles. The second-order valence-corrected chi connectivity index (χ2v) is 5.77. The van der Waals surface area contributed by atoms with Crippen LogP contribution in [-0.2, 0) is 11.3 Å². The van der Waals surface area contributed by atoms with Crippen LogP contribution in [0.2, 0.25) is 0 Å². The van der Waals surface area contributed by atoms with Gasteiger partial charge in [0.05, 0.1) is 0 Å². The van der Waals surface area contributed by atoms with Crippen LogP contribution >= 0.6 is 0 Å². The first-order chi connectivity index (χ1) is 9.21. The standard InChI is InChI=1S/C14H21N3O3/c1-9-7-15-6-5-10(9)8-16-13(20)17-11(12(18)19)14(2,3)4/h5-7,11H,8H2,1-4H3,(H,18,19)(H2,16,17,20). The Morgan fingerprint density at radius 1 is 1.40 bits per heavy atom. The number of aryl methyl sites for hydroxylation is 1. The molecule has 0 radical (unpaired) electrons. The van der Waals surface area contributed by atoms with Crippen molar-refractivity contribution in [2.75, 3.05) is 0 Å². The third kappa shape index (κ3) is 4.53. The van der Waals surface area contributed by atoms with Crippen LogP contribution in [0, 0.1) is 12.3 Å². The fraction of sp³-hybridized carbons (Fsp3) is 0.500. The zero-order valence-electron chi connectivity index (χ0n) is 12.2. The van der Waals surface area contributed by atoms with E-state index in [9.17, 15) is 9.59 Å². The van der Waals surface area contributed by atoms with Crippen molar-refractivity contribution in [2.45, 2.75) is 40.3 Å². The number of aliphatic carboxylic acids is 1. The van der Waals surface area contributed by atoms with Crippen molar-refractivity contribution in [3.63, 3.8) is 0 Å². The van der Waals surface area contributed by atoms with Crippen LogP contribution in [0.15, 0.2) is 18.5 Å². The van der Waals surface area contributed by atoms with Crippen LogP contribution in [-0.4, -0.2) is 28.1 Å². The van der Waals surface area contributed by atoms with Crippen molar-refractivity contribution < 1.29 is 14.7 Å². The molecule has 0 saturated carbocycles. The number of carbonyl (C=O) groups is 2. The Bertz CT molecular complexity index is 495. The summed E-state index contributed by atoms with van der Waals surface area (Å²) in [5.74, 6) is -1.05. The molecule has 0 bridgehead atoms. The van der Waals surface area contributed by atoms with Crippen LogP contribution in [0.3, 0.4) is 0 Å². The lowest BCUT2D eigenvalue weighted by molar-refractivity contribution is -0.141. The van der Waals surface area contributed by atoms with Gasteiger partial charge in [-0.1, -0.05) is 20.8 Å². The molecule has 110 valence electrons. The Kier molecular flexibility index (Phi) is 5.07. The van der Waals surface area contributed by atoms with E-state index >= 15 is 0 Å². The highest BCUT2D eigenvalue weighted by atomic mass is 16.4. The first-order valence-corrected chi connectivity index (χ1v) is 6.38. The van der Waals surface area contributed by atoms with Crippen molar-refractivity contribution in [1.29, 1.82) is 0 Å². The van der Waals surface area contributed by atoms with E-state index in [1.807, 2.05) is 13.0 Å². The number of carbonyl (C=O) groups excluding carboxylic acids is 1. The highest BCUT2D eigenvalue weighted by molar-refractivity contribution is 5.83. The average Bonchev–Trinajstić information content (AvgIpc) is 2.33. The SMILES string of the molecule is Cc1cnccc1CNC(=O)NC(C(=O)O)C(C)(C)C. The van der Waals surface area contributed by atoms with Crippen LogP contribution in [0.5, 0.6) is 0 Å². The topological polar surface area (TPSA) is 91.3 Å². The second kappa shape index (κ2) is 6.36. The molecule has 0 fully saturated rings. The van der Waals surface area contributed by atoms with Crippen LogP contribution in [0.1, 0.15) is 31.9 Å². The Balaban J connectivity index is 2.60. The van der Waals surface area contributed by atoms with Crippen LogP contribution in [0.25, 0.3) is 0 Å². The highest BCUT2D eigenvalue weighted by Gasteiger charge is 2.32. The molecule has 3 N–H and O–H groups in total. The summed E-state index contributed by atoms with van der Waals surface area (Å²) >= 11 is 0. The second-order valence-electron chi connectivity index (χ2n) is 5.77. The summed E-state index contributed by atoms with van der Waals surface area (Å²) in [6.07, 6.45) is 3.36. The first kappa shape index (κ1) is 15.9. The summed E-state index contributed by atoms with van der Waals surface area (Å²) in [4.78, 5) is 26.9. The molecular formula is C14H21N3O3. The monoisotopic (exact) mass is 279 g/mol. The molecule has 6 nitrogen and oxygen atoms in total. The number of urea groups is 1. The van der Waals surface area contributed by atoms with Crippen molar-refractivity contribution >= 4 is 12.0 Å². The van der Waals surface area contributed by atoms with Crippen molar-refractivity contribution in [1.82, 2.24) is 15.6 Å². The van der Waals surface area contributed by atoms with Crippen LogP contribution in [0.4, 0.5) is 4.79 Å². The smallest absolute Gasteiger partial charge is 0.326 e. The number of rotatable bonds is 4. The average molecular weight is 279 g/mol. The van der Waals surface area contributed by atoms with Gasteiger partial charge >= 0.3 is 12.0 Å². The van der Waals surface area contributed by atoms with E-state index in [2.05, 4.69) is 15.6 Å². The van der Waals surface area contributed by atoms with Crippen molar-refractivity contribution in [3.05, 3.63) is 29.6 Å². The highest BCUT2D eigenvalue weighted by Crippen LogP contribution is 2.19. The number of pyridine rings is 1. The van der Waals surface area contributed by atoms with Crippen molar-refractivity contribution in [3.8, 4) is 0 Å². The van der Waals surface area contributed by atoms with Gasteiger partial charge in [0.2, 0.25) is 0 Å². The van der Waals surface area contributed by atoms with Gasteiger partial charge in [0.25, 0.3) is 0 Å². The van der Waals surface area contributed by atoms with Crippen LogP contribution < -0.4 is 10.6 Å². The van der Waals surface area contributed by atoms with E-state index in [-0.39, 0.29) is 0 Å². The fourth-order valence-corrected chi connectivity index (χ4v) is 1.71. The number of nitrogens with zero attached hydrogens (tertiary/aromatic N) is 1. The lowest BCUT2D eigenvalue weighted by atomic mass is 9.87. The lowest BCUT2D eigenvalue weighted by Crippen LogP contribution is -2.52. The maximum absolute atomic E-state index is 11.8. The molecule has 1 rings (SSSR count). The predicted molar refractivity (Wildman–Crippen MR) is 75.2 cm³/mol. The van der Waals surface area contributed by atoms with E-state index in [1.54, 1.807) is 33.2 Å². The van der Waals surface area contributed by atoms with E-state index in [0.717, 1.165) is 11.1 Å². The van der Waals surface area contributed by atoms with Gasteiger partial charge in [-0.15, -0.1) is 0 Å². The zero-order chi connectivity index (χ0) is 15.3. The number of carboxylic acid groups (broad SMARTS) is 1. The van der Waals surface area contributed by atoms with E-state index < -0.39 is 23.5 Å². The molecule has 1 aromatic heterocycles. The Hall–Kier alpha value is -2.11. The van der Waals surface area contributed by atoms with E-state index in [1.165, 1.54) is 0 Å². The minimum Gasteiger partial charge on any atom is -0.480 e. The summed E-state index contributed by atoms with van der Waals surface area (Å²) in [5.41, 5.74) is 1.35. The number of hydrogen-bond donors (Lipinski definition) is 3. The third-order valence-corrected chi connectivity index (χ3v) is 2.96. The number of nitrogens with one attached hydrogen (secondary N) is 2. The molecule has 6 heteroatoms. The molecule has 0 aliphatic carbocycles. The molecular weight excluding hydrogens is 258 g/mol. The molecule has 0 spiro atoms. The van der Waals surface area contributed by atoms with Crippen molar-refractivity contribution in [2.24, 2.45) is 5.41 Å². The number of carboxylic acids is 1. The molecule has 0 saturated heterocycles. The number of aromatic nitrogens is 1. The molecule has 1 aromatic rings. The van der Waals surface area contributed by atoms with Gasteiger partial charge in [-0.05, 0) is 29.5 Å². The lowest BCUT2D eigenvalue weighted by Gasteiger charge is -2.27. The molecule has 1 unspecified atom stereocenters. The fourth-order valence-electron chi connectivity index (χ4n) is 1.71. The maximum atomic E-state index is 11.8. The van der Waals surface area contributed by atoms with Gasteiger partial charge in [-0.25, -0.2) is 9.59 Å². The molecule has 1 atom stereocenters.